The van der Waals surface area contributed by atoms with Crippen LogP contribution < -0.4 is 0 Å². The molecule has 0 N–H and O–H groups in total. The van der Waals surface area contributed by atoms with Crippen LogP contribution in [0.1, 0.15) is 38.2 Å². The fourth-order valence-electron chi connectivity index (χ4n) is 2.09. The summed E-state index contributed by atoms with van der Waals surface area (Å²) in [5.41, 5.74) is 3.58. The topological polar surface area (TPSA) is 17.1 Å². The second kappa shape index (κ2) is 5.49. The maximum Gasteiger partial charge on any atom is 0.177 e. The summed E-state index contributed by atoms with van der Waals surface area (Å²) in [6, 6.07) is 10.2. The molecule has 2 aromatic rings. The van der Waals surface area contributed by atoms with E-state index in [4.69, 9.17) is 0 Å². The van der Waals surface area contributed by atoms with Crippen LogP contribution in [0, 0.1) is 13.8 Å². The molecule has 1 nitrogen and oxygen atoms in total. The van der Waals surface area contributed by atoms with E-state index in [1.54, 1.807) is 11.3 Å². The zero-order chi connectivity index (χ0) is 13.1. The highest BCUT2D eigenvalue weighted by molar-refractivity contribution is 7.14. The van der Waals surface area contributed by atoms with Crippen LogP contribution in [0.3, 0.4) is 0 Å². The maximum absolute atomic E-state index is 12.3. The van der Waals surface area contributed by atoms with Crippen molar-refractivity contribution in [1.82, 2.24) is 0 Å². The molecule has 0 aliphatic rings. The van der Waals surface area contributed by atoms with Gasteiger partial charge >= 0.3 is 0 Å². The molecule has 0 fully saturated rings. The Morgan fingerprint density at radius 3 is 2.33 bits per heavy atom. The van der Waals surface area contributed by atoms with Crippen LogP contribution in [0.4, 0.5) is 0 Å². The molecule has 0 bridgehead atoms. The van der Waals surface area contributed by atoms with E-state index >= 15 is 0 Å². The maximum atomic E-state index is 12.3. The molecule has 0 spiro atoms. The number of carbonyl (C=O) groups excluding carboxylic acids is 1. The monoisotopic (exact) mass is 258 g/mol. The number of thiophene rings is 1. The van der Waals surface area contributed by atoms with Gasteiger partial charge in [0.2, 0.25) is 0 Å². The highest BCUT2D eigenvalue weighted by Gasteiger charge is 2.12. The Hall–Kier alpha value is -1.41. The van der Waals surface area contributed by atoms with Crippen molar-refractivity contribution < 1.29 is 4.79 Å². The third kappa shape index (κ3) is 2.70. The molecule has 0 radical (unpaired) electrons. The normalized spacial score (nSPS) is 10.6. The third-order valence-electron chi connectivity index (χ3n) is 3.27. The first-order valence-electron chi connectivity index (χ1n) is 6.28. The van der Waals surface area contributed by atoms with E-state index in [2.05, 4.69) is 39.0 Å². The molecule has 2 rings (SSSR count). The Balaban J connectivity index is 2.21. The van der Waals surface area contributed by atoms with Gasteiger partial charge in [-0.05, 0) is 49.1 Å². The van der Waals surface area contributed by atoms with Crippen molar-refractivity contribution in [1.29, 1.82) is 0 Å². The van der Waals surface area contributed by atoms with E-state index in [0.29, 0.717) is 6.42 Å². The minimum atomic E-state index is 0.233. The zero-order valence-corrected chi connectivity index (χ0v) is 11.9. The van der Waals surface area contributed by atoms with Gasteiger partial charge < -0.3 is 0 Å². The van der Waals surface area contributed by atoms with Crippen molar-refractivity contribution in [3.63, 3.8) is 0 Å². The standard InChI is InChI=1S/C16H18OS/c1-4-13-8-9-16(18-13)15(17)10-14-11(2)6-5-7-12(14)3/h5-9H,4,10H2,1-3H3. The first-order valence-corrected chi connectivity index (χ1v) is 7.10. The largest absolute Gasteiger partial charge is 0.293 e. The van der Waals surface area contributed by atoms with Crippen LogP contribution >= 0.6 is 11.3 Å². The van der Waals surface area contributed by atoms with E-state index in [1.165, 1.54) is 21.6 Å². The molecule has 94 valence electrons. The van der Waals surface area contributed by atoms with Crippen molar-refractivity contribution >= 4 is 17.1 Å². The van der Waals surface area contributed by atoms with Gasteiger partial charge in [0.25, 0.3) is 0 Å². The van der Waals surface area contributed by atoms with E-state index < -0.39 is 0 Å². The highest BCUT2D eigenvalue weighted by Crippen LogP contribution is 2.21. The van der Waals surface area contributed by atoms with Gasteiger partial charge in [-0.2, -0.15) is 0 Å². The van der Waals surface area contributed by atoms with E-state index in [1.807, 2.05) is 12.1 Å². The Kier molecular flexibility index (Phi) is 3.97. The molecule has 1 aromatic heterocycles. The van der Waals surface area contributed by atoms with Crippen molar-refractivity contribution in [3.05, 3.63) is 56.8 Å². The Morgan fingerprint density at radius 1 is 1.11 bits per heavy atom. The SMILES string of the molecule is CCc1ccc(C(=O)Cc2c(C)cccc2C)s1. The van der Waals surface area contributed by atoms with Gasteiger partial charge in [-0.3, -0.25) is 4.79 Å². The summed E-state index contributed by atoms with van der Waals surface area (Å²) in [7, 11) is 0. The second-order valence-corrected chi connectivity index (χ2v) is 5.76. The number of aryl methyl sites for hydroxylation is 3. The Bertz CT molecular complexity index is 546. The summed E-state index contributed by atoms with van der Waals surface area (Å²) in [5.74, 6) is 0.233. The first-order chi connectivity index (χ1) is 8.61. The number of hydrogen-bond acceptors (Lipinski definition) is 2. The summed E-state index contributed by atoms with van der Waals surface area (Å²) in [6.45, 7) is 6.26. The molecule has 0 atom stereocenters. The second-order valence-electron chi connectivity index (χ2n) is 4.59. The Labute approximate surface area is 112 Å². The lowest BCUT2D eigenvalue weighted by molar-refractivity contribution is 0.0996. The van der Waals surface area contributed by atoms with Crippen LogP contribution in [0.25, 0.3) is 0 Å². The van der Waals surface area contributed by atoms with Crippen LogP contribution in [0.15, 0.2) is 30.3 Å². The highest BCUT2D eigenvalue weighted by atomic mass is 32.1. The molecular weight excluding hydrogens is 240 g/mol. The third-order valence-corrected chi connectivity index (χ3v) is 4.54. The van der Waals surface area contributed by atoms with Gasteiger partial charge in [0.15, 0.2) is 5.78 Å². The molecule has 2 heteroatoms. The number of hydrogen-bond donors (Lipinski definition) is 0. The van der Waals surface area contributed by atoms with Crippen molar-refractivity contribution in [2.45, 2.75) is 33.6 Å². The lowest BCUT2D eigenvalue weighted by atomic mass is 9.98. The number of benzene rings is 1. The van der Waals surface area contributed by atoms with Gasteiger partial charge in [0.05, 0.1) is 4.88 Å². The van der Waals surface area contributed by atoms with E-state index in [-0.39, 0.29) is 5.78 Å². The van der Waals surface area contributed by atoms with Gasteiger partial charge in [0, 0.05) is 11.3 Å². The lowest BCUT2D eigenvalue weighted by Crippen LogP contribution is -2.04. The lowest BCUT2D eigenvalue weighted by Gasteiger charge is -2.07. The predicted molar refractivity (Wildman–Crippen MR) is 77.6 cm³/mol. The van der Waals surface area contributed by atoms with Crippen LogP contribution in [0.5, 0.6) is 0 Å². The van der Waals surface area contributed by atoms with Gasteiger partial charge in [-0.1, -0.05) is 25.1 Å². The summed E-state index contributed by atoms with van der Waals surface area (Å²) < 4.78 is 0. The number of carbonyl (C=O) groups is 1. The molecule has 0 aliphatic heterocycles. The number of Topliss-reactive ketones (excluding diaryl/α,β-unsaturated/α-hetero) is 1. The average molecular weight is 258 g/mol. The van der Waals surface area contributed by atoms with Crippen LogP contribution in [-0.2, 0) is 12.8 Å². The van der Waals surface area contributed by atoms with Crippen LogP contribution in [-0.4, -0.2) is 5.78 Å². The van der Waals surface area contributed by atoms with Crippen molar-refractivity contribution in [2.24, 2.45) is 0 Å². The molecule has 0 saturated carbocycles. The molecule has 0 aliphatic carbocycles. The molecular formula is C16H18OS. The minimum Gasteiger partial charge on any atom is -0.293 e. The molecule has 1 aromatic carbocycles. The van der Waals surface area contributed by atoms with Gasteiger partial charge in [-0.15, -0.1) is 11.3 Å². The molecule has 0 amide bonds. The van der Waals surface area contributed by atoms with E-state index in [9.17, 15) is 4.79 Å². The zero-order valence-electron chi connectivity index (χ0n) is 11.1. The summed E-state index contributed by atoms with van der Waals surface area (Å²) in [6.07, 6.45) is 1.52. The van der Waals surface area contributed by atoms with Gasteiger partial charge in [-0.25, -0.2) is 0 Å². The van der Waals surface area contributed by atoms with Crippen molar-refractivity contribution in [2.75, 3.05) is 0 Å². The fourth-order valence-corrected chi connectivity index (χ4v) is 2.98. The number of ketones is 1. The molecule has 0 unspecified atom stereocenters. The van der Waals surface area contributed by atoms with Crippen molar-refractivity contribution in [3.8, 4) is 0 Å². The van der Waals surface area contributed by atoms with Crippen LogP contribution in [0.2, 0.25) is 0 Å². The quantitative estimate of drug-likeness (QED) is 0.745. The number of rotatable bonds is 4. The molecule has 0 saturated heterocycles. The minimum absolute atomic E-state index is 0.233. The van der Waals surface area contributed by atoms with E-state index in [0.717, 1.165) is 11.3 Å². The molecule has 1 heterocycles. The summed E-state index contributed by atoms with van der Waals surface area (Å²) >= 11 is 1.62. The first kappa shape index (κ1) is 13.0. The summed E-state index contributed by atoms with van der Waals surface area (Å²) in [5, 5.41) is 0. The average Bonchev–Trinajstić information content (AvgIpc) is 2.82. The predicted octanol–water partition coefficient (Wildman–Crippen LogP) is 4.35. The Morgan fingerprint density at radius 2 is 1.78 bits per heavy atom. The molecule has 18 heavy (non-hydrogen) atoms. The smallest absolute Gasteiger partial charge is 0.177 e. The fraction of sp³-hybridized carbons (Fsp3) is 0.312. The van der Waals surface area contributed by atoms with Gasteiger partial charge in [0.1, 0.15) is 0 Å². The summed E-state index contributed by atoms with van der Waals surface area (Å²) in [4.78, 5) is 14.4.